The molecule has 0 N–H and O–H groups in total. The van der Waals surface area contributed by atoms with E-state index >= 15 is 0 Å². The standard InChI is InChI=1S/C48H33NO2/c1-3-15-32(16-4-1)35-22-14-28-46-47(35)41-21-9-12-27-45(41)50-44-26-11-8-20-39(44)40-24-13-23-36(48(40)51-46)33-29-30-38-37-19-7-10-25-42(37)49(43(38)31-33)34-17-5-2-6-18-34/h1-17,19-31,34H,18H2. The Balaban J connectivity index is 1.24. The molecule has 1 unspecified atom stereocenters. The molecule has 1 aliphatic heterocycles. The van der Waals surface area contributed by atoms with E-state index in [1.54, 1.807) is 0 Å². The summed E-state index contributed by atoms with van der Waals surface area (Å²) in [5, 5.41) is 2.51. The SMILES string of the molecule is C1=CCC(n2c3ccccc3c3ccc(-c4cccc5c4Oc4cccc(-c6ccccc6)c4-c4ccccc4Oc4ccccc4-5)cc32)C=C1. The quantitative estimate of drug-likeness (QED) is 0.189. The molecule has 0 radical (unpaired) electrons. The van der Waals surface area contributed by atoms with Crippen molar-refractivity contribution in [1.82, 2.24) is 4.57 Å². The number of aromatic nitrogens is 1. The molecule has 242 valence electrons. The van der Waals surface area contributed by atoms with Crippen LogP contribution in [-0.2, 0) is 0 Å². The van der Waals surface area contributed by atoms with Crippen molar-refractivity contribution in [3.8, 4) is 67.5 Å². The summed E-state index contributed by atoms with van der Waals surface area (Å²) in [5.74, 6) is 3.12. The average molecular weight is 656 g/mol. The molecule has 0 amide bonds. The Kier molecular flexibility index (Phi) is 6.95. The van der Waals surface area contributed by atoms with E-state index in [1.807, 2.05) is 24.3 Å². The lowest BCUT2D eigenvalue weighted by molar-refractivity contribution is 0.473. The molecule has 0 fully saturated rings. The van der Waals surface area contributed by atoms with Crippen LogP contribution in [0.2, 0.25) is 0 Å². The van der Waals surface area contributed by atoms with Gasteiger partial charge in [0.25, 0.3) is 0 Å². The molecular formula is C48H33NO2. The monoisotopic (exact) mass is 655 g/mol. The van der Waals surface area contributed by atoms with E-state index < -0.39 is 0 Å². The van der Waals surface area contributed by atoms with E-state index in [9.17, 15) is 0 Å². The number of rotatable bonds is 3. The van der Waals surface area contributed by atoms with Crippen LogP contribution in [0.1, 0.15) is 12.5 Å². The molecule has 0 bridgehead atoms. The van der Waals surface area contributed by atoms with Crippen molar-refractivity contribution in [1.29, 1.82) is 0 Å². The first-order chi connectivity index (χ1) is 25.3. The van der Waals surface area contributed by atoms with Gasteiger partial charge in [-0.25, -0.2) is 0 Å². The Labute approximate surface area is 297 Å². The lowest BCUT2D eigenvalue weighted by Crippen LogP contribution is -2.06. The molecule has 2 aliphatic rings. The Hall–Kier alpha value is -6.58. The molecule has 8 aromatic rings. The van der Waals surface area contributed by atoms with E-state index in [1.165, 1.54) is 21.8 Å². The molecule has 0 spiro atoms. The van der Waals surface area contributed by atoms with Crippen molar-refractivity contribution in [3.05, 3.63) is 182 Å². The number of hydrogen-bond acceptors (Lipinski definition) is 2. The molecule has 0 saturated carbocycles. The lowest BCUT2D eigenvalue weighted by atomic mass is 9.92. The van der Waals surface area contributed by atoms with Crippen LogP contribution in [0.4, 0.5) is 0 Å². The van der Waals surface area contributed by atoms with Gasteiger partial charge in [-0.05, 0) is 53.4 Å². The number of hydrogen-bond donors (Lipinski definition) is 0. The summed E-state index contributed by atoms with van der Waals surface area (Å²) in [6.45, 7) is 0. The van der Waals surface area contributed by atoms with Crippen molar-refractivity contribution in [2.24, 2.45) is 0 Å². The maximum atomic E-state index is 7.31. The molecule has 1 atom stereocenters. The number of ether oxygens (including phenoxy) is 2. The van der Waals surface area contributed by atoms with Crippen LogP contribution in [0, 0.1) is 0 Å². The largest absolute Gasteiger partial charge is 0.456 e. The molecule has 0 saturated heterocycles. The van der Waals surface area contributed by atoms with Crippen molar-refractivity contribution in [2.45, 2.75) is 12.5 Å². The van der Waals surface area contributed by atoms with Crippen LogP contribution >= 0.6 is 0 Å². The van der Waals surface area contributed by atoms with Crippen molar-refractivity contribution in [2.75, 3.05) is 0 Å². The highest BCUT2D eigenvalue weighted by Crippen LogP contribution is 2.52. The van der Waals surface area contributed by atoms with Crippen LogP contribution in [0.3, 0.4) is 0 Å². The number of para-hydroxylation sites is 4. The summed E-state index contributed by atoms with van der Waals surface area (Å²) >= 11 is 0. The second kappa shape index (κ2) is 12.1. The number of allylic oxidation sites excluding steroid dienone is 4. The average Bonchev–Trinajstić information content (AvgIpc) is 3.53. The predicted molar refractivity (Wildman–Crippen MR) is 210 cm³/mol. The fourth-order valence-corrected chi connectivity index (χ4v) is 7.89. The smallest absolute Gasteiger partial charge is 0.143 e. The molecular weight excluding hydrogens is 623 g/mol. The number of nitrogens with zero attached hydrogens (tertiary/aromatic N) is 1. The van der Waals surface area contributed by atoms with Gasteiger partial charge in [0.05, 0.1) is 11.6 Å². The van der Waals surface area contributed by atoms with Crippen LogP contribution in [0.15, 0.2) is 182 Å². The van der Waals surface area contributed by atoms with E-state index in [0.717, 1.165) is 73.9 Å². The molecule has 1 aromatic heterocycles. The van der Waals surface area contributed by atoms with Gasteiger partial charge in [-0.3, -0.25) is 0 Å². The molecule has 10 rings (SSSR count). The fourth-order valence-electron chi connectivity index (χ4n) is 7.89. The highest BCUT2D eigenvalue weighted by atomic mass is 16.5. The minimum absolute atomic E-state index is 0.236. The zero-order valence-electron chi connectivity index (χ0n) is 27.9. The van der Waals surface area contributed by atoms with Gasteiger partial charge in [-0.2, -0.15) is 0 Å². The first-order valence-electron chi connectivity index (χ1n) is 17.5. The zero-order chi connectivity index (χ0) is 33.7. The Bertz CT molecular complexity index is 2680. The van der Waals surface area contributed by atoms with Gasteiger partial charge in [-0.1, -0.05) is 152 Å². The Morgan fingerprint density at radius 1 is 0.451 bits per heavy atom. The van der Waals surface area contributed by atoms with E-state index in [2.05, 4.69) is 162 Å². The summed E-state index contributed by atoms with van der Waals surface area (Å²) < 4.78 is 16.7. The summed E-state index contributed by atoms with van der Waals surface area (Å²) in [6, 6.07) is 55.7. The van der Waals surface area contributed by atoms with Gasteiger partial charge in [0.2, 0.25) is 0 Å². The number of benzene rings is 7. The molecule has 3 nitrogen and oxygen atoms in total. The fraction of sp³-hybridized carbons (Fsp3) is 0.0417. The third kappa shape index (κ3) is 4.89. The number of fused-ring (bicyclic) bond motifs is 9. The van der Waals surface area contributed by atoms with E-state index in [-0.39, 0.29) is 6.04 Å². The summed E-state index contributed by atoms with van der Waals surface area (Å²) in [7, 11) is 0. The van der Waals surface area contributed by atoms with Crippen molar-refractivity contribution >= 4 is 21.8 Å². The predicted octanol–water partition coefficient (Wildman–Crippen LogP) is 13.4. The van der Waals surface area contributed by atoms with Gasteiger partial charge < -0.3 is 14.0 Å². The van der Waals surface area contributed by atoms with Gasteiger partial charge in [0.1, 0.15) is 23.0 Å². The summed E-state index contributed by atoms with van der Waals surface area (Å²) in [4.78, 5) is 0. The Morgan fingerprint density at radius 2 is 1.12 bits per heavy atom. The van der Waals surface area contributed by atoms with Crippen LogP contribution in [-0.4, -0.2) is 4.57 Å². The molecule has 3 heteroatoms. The van der Waals surface area contributed by atoms with Crippen molar-refractivity contribution < 1.29 is 9.47 Å². The highest BCUT2D eigenvalue weighted by Gasteiger charge is 2.25. The second-order valence-electron chi connectivity index (χ2n) is 13.2. The minimum Gasteiger partial charge on any atom is -0.456 e. The first kappa shape index (κ1) is 29.3. The normalized spacial score (nSPS) is 14.5. The van der Waals surface area contributed by atoms with Gasteiger partial charge in [-0.15, -0.1) is 0 Å². The maximum Gasteiger partial charge on any atom is 0.143 e. The zero-order valence-corrected chi connectivity index (χ0v) is 27.9. The van der Waals surface area contributed by atoms with Crippen LogP contribution in [0.25, 0.3) is 66.3 Å². The lowest BCUT2D eigenvalue weighted by Gasteiger charge is -2.24. The van der Waals surface area contributed by atoms with Crippen molar-refractivity contribution in [3.63, 3.8) is 0 Å². The highest BCUT2D eigenvalue weighted by molar-refractivity contribution is 6.09. The third-order valence-electron chi connectivity index (χ3n) is 10.2. The maximum absolute atomic E-state index is 7.31. The third-order valence-corrected chi connectivity index (χ3v) is 10.2. The second-order valence-corrected chi connectivity index (χ2v) is 13.2. The van der Waals surface area contributed by atoms with Crippen LogP contribution < -0.4 is 9.47 Å². The van der Waals surface area contributed by atoms with E-state index in [0.29, 0.717) is 0 Å². The molecule has 7 aromatic carbocycles. The van der Waals surface area contributed by atoms with Gasteiger partial charge in [0, 0.05) is 44.1 Å². The Morgan fingerprint density at radius 3 is 1.98 bits per heavy atom. The van der Waals surface area contributed by atoms with Gasteiger partial charge in [0.15, 0.2) is 0 Å². The molecule has 51 heavy (non-hydrogen) atoms. The molecule has 2 heterocycles. The minimum atomic E-state index is 0.236. The summed E-state index contributed by atoms with van der Waals surface area (Å²) in [5.41, 5.74) is 10.7. The van der Waals surface area contributed by atoms with E-state index in [4.69, 9.17) is 9.47 Å². The van der Waals surface area contributed by atoms with Gasteiger partial charge >= 0.3 is 0 Å². The first-order valence-corrected chi connectivity index (χ1v) is 17.5. The molecule has 1 aliphatic carbocycles. The topological polar surface area (TPSA) is 23.4 Å². The summed E-state index contributed by atoms with van der Waals surface area (Å²) in [6.07, 6.45) is 9.82. The van der Waals surface area contributed by atoms with Crippen LogP contribution in [0.5, 0.6) is 23.0 Å².